The molecule has 1 aromatic rings. The number of rotatable bonds is 7. The molecule has 0 saturated heterocycles. The fourth-order valence-corrected chi connectivity index (χ4v) is 2.53. The van der Waals surface area contributed by atoms with Crippen LogP contribution >= 0.6 is 0 Å². The molecule has 0 bridgehead atoms. The molecule has 0 aromatic heterocycles. The molecule has 7 heteroatoms. The lowest BCUT2D eigenvalue weighted by Gasteiger charge is -2.14. The highest BCUT2D eigenvalue weighted by Gasteiger charge is 2.15. The lowest BCUT2D eigenvalue weighted by Crippen LogP contribution is -2.39. The largest absolute Gasteiger partial charge is 0.469 e. The second kappa shape index (κ2) is 7.22. The van der Waals surface area contributed by atoms with Gasteiger partial charge in [-0.15, -0.1) is 0 Å². The van der Waals surface area contributed by atoms with Crippen LogP contribution in [-0.2, 0) is 19.7 Å². The summed E-state index contributed by atoms with van der Waals surface area (Å²) in [5.74, 6) is -0.459. The Kier molecular flexibility index (Phi) is 5.94. The molecule has 0 heterocycles. The molecule has 0 aliphatic rings. The highest BCUT2D eigenvalue weighted by Crippen LogP contribution is 2.11. The van der Waals surface area contributed by atoms with Crippen LogP contribution < -0.4 is 9.44 Å². The molecule has 1 unspecified atom stereocenters. The van der Waals surface area contributed by atoms with E-state index in [9.17, 15) is 13.2 Å². The molecule has 0 fully saturated rings. The monoisotopic (exact) mass is 286 g/mol. The quantitative estimate of drug-likeness (QED) is 0.724. The van der Waals surface area contributed by atoms with E-state index in [-0.39, 0.29) is 19.0 Å². The maximum atomic E-state index is 11.7. The van der Waals surface area contributed by atoms with Crippen molar-refractivity contribution in [1.29, 1.82) is 0 Å². The van der Waals surface area contributed by atoms with Gasteiger partial charge in [-0.05, 0) is 12.5 Å². The van der Waals surface area contributed by atoms with E-state index in [2.05, 4.69) is 14.2 Å². The predicted molar refractivity (Wildman–Crippen MR) is 71.5 cm³/mol. The Morgan fingerprint density at radius 1 is 1.32 bits per heavy atom. The van der Waals surface area contributed by atoms with Gasteiger partial charge in [0.25, 0.3) is 10.2 Å². The van der Waals surface area contributed by atoms with E-state index in [1.54, 1.807) is 6.92 Å². The van der Waals surface area contributed by atoms with Crippen LogP contribution in [0.4, 0.5) is 0 Å². The van der Waals surface area contributed by atoms with Crippen molar-refractivity contribution in [2.24, 2.45) is 0 Å². The number of methoxy groups -OCH3 is 1. The lowest BCUT2D eigenvalue weighted by atomic mass is 10.1. The number of carbonyl (C=O) groups excluding carboxylic acids is 1. The van der Waals surface area contributed by atoms with Gasteiger partial charge in [-0.2, -0.15) is 13.1 Å². The van der Waals surface area contributed by atoms with Gasteiger partial charge in [0.15, 0.2) is 0 Å². The molecule has 1 atom stereocenters. The van der Waals surface area contributed by atoms with Crippen LogP contribution in [0.5, 0.6) is 0 Å². The number of nitrogens with one attached hydrogen (secondary N) is 2. The molecule has 2 N–H and O–H groups in total. The van der Waals surface area contributed by atoms with Crippen molar-refractivity contribution in [3.05, 3.63) is 35.9 Å². The summed E-state index contributed by atoms with van der Waals surface area (Å²) >= 11 is 0. The van der Waals surface area contributed by atoms with Crippen LogP contribution in [0.25, 0.3) is 0 Å². The Morgan fingerprint density at radius 2 is 1.95 bits per heavy atom. The van der Waals surface area contributed by atoms with Crippen LogP contribution in [-0.4, -0.2) is 28.0 Å². The van der Waals surface area contributed by atoms with Gasteiger partial charge in [0.2, 0.25) is 0 Å². The fraction of sp³-hybridized carbons (Fsp3) is 0.417. The highest BCUT2D eigenvalue weighted by molar-refractivity contribution is 7.87. The summed E-state index contributed by atoms with van der Waals surface area (Å²) in [5.41, 5.74) is 0.862. The molecule has 0 spiro atoms. The van der Waals surface area contributed by atoms with E-state index in [1.165, 1.54) is 7.11 Å². The molecule has 0 radical (unpaired) electrons. The maximum absolute atomic E-state index is 11.7. The summed E-state index contributed by atoms with van der Waals surface area (Å²) < 4.78 is 32.6. The second-order valence-electron chi connectivity index (χ2n) is 3.97. The molecule has 1 aromatic carbocycles. The Balaban J connectivity index is 2.48. The Bertz CT molecular complexity index is 502. The van der Waals surface area contributed by atoms with Crippen molar-refractivity contribution in [2.75, 3.05) is 13.7 Å². The van der Waals surface area contributed by atoms with E-state index in [4.69, 9.17) is 0 Å². The topological polar surface area (TPSA) is 84.5 Å². The van der Waals surface area contributed by atoms with Gasteiger partial charge < -0.3 is 4.74 Å². The number of carbonyl (C=O) groups is 1. The third-order valence-corrected chi connectivity index (χ3v) is 3.73. The average Bonchev–Trinajstić information content (AvgIpc) is 2.38. The van der Waals surface area contributed by atoms with Crippen molar-refractivity contribution < 1.29 is 17.9 Å². The van der Waals surface area contributed by atoms with Gasteiger partial charge in [0.1, 0.15) is 0 Å². The van der Waals surface area contributed by atoms with Crippen LogP contribution in [0.3, 0.4) is 0 Å². The van der Waals surface area contributed by atoms with Crippen molar-refractivity contribution in [1.82, 2.24) is 9.44 Å². The standard InChI is InChI=1S/C12H18N2O4S/c1-10(11-6-4-3-5-7-11)14-19(16,17)13-9-8-12(15)18-2/h3-7,10,13-14H,8-9H2,1-2H3. The molecule has 6 nitrogen and oxygen atoms in total. The fourth-order valence-electron chi connectivity index (χ4n) is 1.47. The van der Waals surface area contributed by atoms with Crippen molar-refractivity contribution in [3.8, 4) is 0 Å². The van der Waals surface area contributed by atoms with Gasteiger partial charge in [0, 0.05) is 12.6 Å². The minimum absolute atomic E-state index is 0.00285. The molecule has 19 heavy (non-hydrogen) atoms. The average molecular weight is 286 g/mol. The van der Waals surface area contributed by atoms with E-state index in [0.29, 0.717) is 0 Å². The van der Waals surface area contributed by atoms with Gasteiger partial charge in [0.05, 0.1) is 13.5 Å². The van der Waals surface area contributed by atoms with Crippen molar-refractivity contribution >= 4 is 16.2 Å². The molecular formula is C12H18N2O4S. The van der Waals surface area contributed by atoms with E-state index < -0.39 is 16.2 Å². The molecule has 0 aliphatic carbocycles. The van der Waals surface area contributed by atoms with Gasteiger partial charge in [-0.3, -0.25) is 4.79 Å². The first kappa shape index (κ1) is 15.6. The van der Waals surface area contributed by atoms with E-state index in [1.807, 2.05) is 30.3 Å². The molecule has 0 saturated carbocycles. The maximum Gasteiger partial charge on any atom is 0.306 e. The third kappa shape index (κ3) is 5.82. The highest BCUT2D eigenvalue weighted by atomic mass is 32.2. The van der Waals surface area contributed by atoms with Crippen molar-refractivity contribution in [3.63, 3.8) is 0 Å². The van der Waals surface area contributed by atoms with Gasteiger partial charge in [-0.1, -0.05) is 30.3 Å². The van der Waals surface area contributed by atoms with Gasteiger partial charge >= 0.3 is 5.97 Å². The first-order valence-electron chi connectivity index (χ1n) is 5.83. The second-order valence-corrected chi connectivity index (χ2v) is 5.51. The smallest absolute Gasteiger partial charge is 0.306 e. The summed E-state index contributed by atoms with van der Waals surface area (Å²) in [6, 6.07) is 8.86. The number of hydrogen-bond acceptors (Lipinski definition) is 4. The molecule has 1 rings (SSSR count). The van der Waals surface area contributed by atoms with E-state index >= 15 is 0 Å². The Hall–Kier alpha value is -1.44. The molecule has 0 aliphatic heterocycles. The van der Waals surface area contributed by atoms with Gasteiger partial charge in [-0.25, -0.2) is 4.72 Å². The normalized spacial score (nSPS) is 12.9. The third-order valence-electron chi connectivity index (χ3n) is 2.48. The minimum Gasteiger partial charge on any atom is -0.469 e. The SMILES string of the molecule is COC(=O)CCNS(=O)(=O)NC(C)c1ccccc1. The summed E-state index contributed by atoms with van der Waals surface area (Å²) in [6.07, 6.45) is -0.00285. The zero-order chi connectivity index (χ0) is 14.3. The van der Waals surface area contributed by atoms with Crippen LogP contribution in [0.15, 0.2) is 30.3 Å². The summed E-state index contributed by atoms with van der Waals surface area (Å²) in [5, 5.41) is 0. The lowest BCUT2D eigenvalue weighted by molar-refractivity contribution is -0.140. The zero-order valence-electron chi connectivity index (χ0n) is 10.9. The molecular weight excluding hydrogens is 268 g/mol. The first-order chi connectivity index (χ1) is 8.94. The number of ether oxygens (including phenoxy) is 1. The summed E-state index contributed by atoms with van der Waals surface area (Å²) in [4.78, 5) is 10.9. The first-order valence-corrected chi connectivity index (χ1v) is 7.31. The molecule has 106 valence electrons. The predicted octanol–water partition coefficient (Wildman–Crippen LogP) is 0.735. The summed E-state index contributed by atoms with van der Waals surface area (Å²) in [6.45, 7) is 1.75. The van der Waals surface area contributed by atoms with Crippen LogP contribution in [0.2, 0.25) is 0 Å². The Labute approximate surface area is 113 Å². The number of esters is 1. The zero-order valence-corrected chi connectivity index (χ0v) is 11.7. The van der Waals surface area contributed by atoms with Crippen LogP contribution in [0.1, 0.15) is 24.9 Å². The number of benzene rings is 1. The minimum atomic E-state index is -3.64. The van der Waals surface area contributed by atoms with Crippen LogP contribution in [0, 0.1) is 0 Å². The Morgan fingerprint density at radius 3 is 2.53 bits per heavy atom. The number of hydrogen-bond donors (Lipinski definition) is 2. The molecule has 0 amide bonds. The van der Waals surface area contributed by atoms with E-state index in [0.717, 1.165) is 5.56 Å². The summed E-state index contributed by atoms with van der Waals surface area (Å²) in [7, 11) is -2.38. The van der Waals surface area contributed by atoms with Crippen molar-refractivity contribution in [2.45, 2.75) is 19.4 Å².